The first-order valence-corrected chi connectivity index (χ1v) is 7.41. The van der Waals surface area contributed by atoms with Crippen LogP contribution in [0.2, 0.25) is 0 Å². The number of aromatic nitrogens is 2. The van der Waals surface area contributed by atoms with E-state index in [0.29, 0.717) is 0 Å². The molecule has 0 amide bonds. The first-order valence-electron chi connectivity index (χ1n) is 6.62. The van der Waals surface area contributed by atoms with Crippen LogP contribution < -0.4 is 5.32 Å². The van der Waals surface area contributed by atoms with Crippen LogP contribution in [0, 0.1) is 13.8 Å². The van der Waals surface area contributed by atoms with E-state index >= 15 is 0 Å². The smallest absolute Gasteiger partial charge is 0.0896 e. The molecule has 0 spiro atoms. The molecule has 1 atom stereocenters. The third-order valence-electron chi connectivity index (χ3n) is 3.30. The van der Waals surface area contributed by atoms with Crippen molar-refractivity contribution in [1.29, 1.82) is 0 Å². The standard InChI is InChI=1S/C15H20BrN3/c1-4-17-10-14(13-8-6-5-7-9-13)19-12(3)15(16)11(2)18-19/h5-9,14,17H,4,10H2,1-3H3. The Morgan fingerprint density at radius 1 is 1.26 bits per heavy atom. The van der Waals surface area contributed by atoms with E-state index in [2.05, 4.69) is 69.1 Å². The zero-order valence-electron chi connectivity index (χ0n) is 11.7. The van der Waals surface area contributed by atoms with Crippen LogP contribution in [-0.2, 0) is 0 Å². The maximum atomic E-state index is 4.67. The quantitative estimate of drug-likeness (QED) is 0.914. The van der Waals surface area contributed by atoms with E-state index in [0.717, 1.165) is 23.3 Å². The van der Waals surface area contributed by atoms with E-state index in [1.54, 1.807) is 0 Å². The van der Waals surface area contributed by atoms with Gasteiger partial charge in [-0.3, -0.25) is 4.68 Å². The van der Waals surface area contributed by atoms with Gasteiger partial charge in [0.1, 0.15) is 0 Å². The average Bonchev–Trinajstić information content (AvgIpc) is 2.69. The van der Waals surface area contributed by atoms with Crippen LogP contribution >= 0.6 is 15.9 Å². The minimum absolute atomic E-state index is 0.228. The van der Waals surface area contributed by atoms with Gasteiger partial charge >= 0.3 is 0 Å². The molecule has 0 saturated heterocycles. The van der Waals surface area contributed by atoms with Crippen molar-refractivity contribution in [3.8, 4) is 0 Å². The lowest BCUT2D eigenvalue weighted by Crippen LogP contribution is -2.27. The number of hydrogen-bond acceptors (Lipinski definition) is 2. The van der Waals surface area contributed by atoms with Gasteiger partial charge in [0.05, 0.1) is 21.9 Å². The number of nitrogens with zero attached hydrogens (tertiary/aromatic N) is 2. The van der Waals surface area contributed by atoms with E-state index < -0.39 is 0 Å². The Balaban J connectivity index is 2.40. The van der Waals surface area contributed by atoms with Crippen LogP contribution in [0.5, 0.6) is 0 Å². The summed E-state index contributed by atoms with van der Waals surface area (Å²) in [5.74, 6) is 0. The predicted molar refractivity (Wildman–Crippen MR) is 82.5 cm³/mol. The highest BCUT2D eigenvalue weighted by atomic mass is 79.9. The molecular weight excluding hydrogens is 302 g/mol. The van der Waals surface area contributed by atoms with E-state index in [9.17, 15) is 0 Å². The summed E-state index contributed by atoms with van der Waals surface area (Å²) in [4.78, 5) is 0. The van der Waals surface area contributed by atoms with Crippen molar-refractivity contribution in [3.63, 3.8) is 0 Å². The van der Waals surface area contributed by atoms with Gasteiger partial charge in [-0.2, -0.15) is 5.10 Å². The zero-order valence-corrected chi connectivity index (χ0v) is 13.2. The number of likely N-dealkylation sites (N-methyl/N-ethyl adjacent to an activating group) is 1. The molecule has 0 aliphatic rings. The normalized spacial score (nSPS) is 12.6. The number of aryl methyl sites for hydroxylation is 1. The van der Waals surface area contributed by atoms with Gasteiger partial charge in [0.2, 0.25) is 0 Å². The Morgan fingerprint density at radius 3 is 2.47 bits per heavy atom. The van der Waals surface area contributed by atoms with Crippen LogP contribution in [-0.4, -0.2) is 22.9 Å². The van der Waals surface area contributed by atoms with Crippen LogP contribution in [0.15, 0.2) is 34.8 Å². The second-order valence-corrected chi connectivity index (χ2v) is 5.46. The fourth-order valence-corrected chi connectivity index (χ4v) is 2.51. The van der Waals surface area contributed by atoms with Crippen LogP contribution in [0.25, 0.3) is 0 Å². The lowest BCUT2D eigenvalue weighted by atomic mass is 10.1. The van der Waals surface area contributed by atoms with E-state index in [1.165, 1.54) is 11.3 Å². The van der Waals surface area contributed by atoms with Crippen LogP contribution in [0.4, 0.5) is 0 Å². The first-order chi connectivity index (χ1) is 9.15. The number of halogens is 1. The minimum Gasteiger partial charge on any atom is -0.315 e. The number of benzene rings is 1. The summed E-state index contributed by atoms with van der Waals surface area (Å²) >= 11 is 3.61. The van der Waals surface area contributed by atoms with Crippen molar-refractivity contribution >= 4 is 15.9 Å². The summed E-state index contributed by atoms with van der Waals surface area (Å²) in [6, 6.07) is 10.7. The molecule has 0 radical (unpaired) electrons. The molecule has 0 saturated carbocycles. The summed E-state index contributed by atoms with van der Waals surface area (Å²) in [6.45, 7) is 8.10. The largest absolute Gasteiger partial charge is 0.315 e. The van der Waals surface area contributed by atoms with Crippen molar-refractivity contribution in [2.24, 2.45) is 0 Å². The Morgan fingerprint density at radius 2 is 1.95 bits per heavy atom. The maximum absolute atomic E-state index is 4.67. The summed E-state index contributed by atoms with van der Waals surface area (Å²) in [5.41, 5.74) is 3.49. The third-order valence-corrected chi connectivity index (χ3v) is 4.45. The van der Waals surface area contributed by atoms with Crippen molar-refractivity contribution in [2.45, 2.75) is 26.8 Å². The van der Waals surface area contributed by atoms with E-state index in [4.69, 9.17) is 0 Å². The number of hydrogen-bond donors (Lipinski definition) is 1. The Labute approximate surface area is 123 Å². The maximum Gasteiger partial charge on any atom is 0.0896 e. The van der Waals surface area contributed by atoms with Crippen molar-refractivity contribution in [3.05, 3.63) is 51.8 Å². The Bertz CT molecular complexity index is 534. The molecule has 0 fully saturated rings. The van der Waals surface area contributed by atoms with Gasteiger partial charge in [0.25, 0.3) is 0 Å². The van der Waals surface area contributed by atoms with Gasteiger partial charge in [-0.15, -0.1) is 0 Å². The lowest BCUT2D eigenvalue weighted by molar-refractivity contribution is 0.475. The summed E-state index contributed by atoms with van der Waals surface area (Å²) in [6.07, 6.45) is 0. The van der Waals surface area contributed by atoms with Gasteiger partial charge in [-0.25, -0.2) is 0 Å². The molecule has 2 rings (SSSR count). The highest BCUT2D eigenvalue weighted by Gasteiger charge is 2.18. The minimum atomic E-state index is 0.228. The third kappa shape index (κ3) is 3.07. The van der Waals surface area contributed by atoms with Crippen LogP contribution in [0.3, 0.4) is 0 Å². The summed E-state index contributed by atoms with van der Waals surface area (Å²) in [7, 11) is 0. The molecule has 102 valence electrons. The molecule has 19 heavy (non-hydrogen) atoms. The zero-order chi connectivity index (χ0) is 13.8. The highest BCUT2D eigenvalue weighted by molar-refractivity contribution is 9.10. The van der Waals surface area contributed by atoms with Gasteiger partial charge in [0.15, 0.2) is 0 Å². The van der Waals surface area contributed by atoms with E-state index in [-0.39, 0.29) is 6.04 Å². The number of nitrogens with one attached hydrogen (secondary N) is 1. The predicted octanol–water partition coefficient (Wildman–Crippen LogP) is 3.46. The molecule has 3 nitrogen and oxygen atoms in total. The summed E-state index contributed by atoms with van der Waals surface area (Å²) in [5, 5.41) is 8.09. The molecule has 0 aliphatic carbocycles. The second-order valence-electron chi connectivity index (χ2n) is 4.66. The van der Waals surface area contributed by atoms with E-state index in [1.807, 2.05) is 13.0 Å². The fraction of sp³-hybridized carbons (Fsp3) is 0.400. The van der Waals surface area contributed by atoms with Crippen LogP contribution in [0.1, 0.15) is 29.9 Å². The Kier molecular flexibility index (Phi) is 4.77. The molecule has 1 heterocycles. The average molecular weight is 322 g/mol. The fourth-order valence-electron chi connectivity index (χ4n) is 2.25. The molecule has 0 aliphatic heterocycles. The molecule has 1 aromatic heterocycles. The molecule has 4 heteroatoms. The SMILES string of the molecule is CCNCC(c1ccccc1)n1nc(C)c(Br)c1C. The van der Waals surface area contributed by atoms with Gasteiger partial charge in [-0.1, -0.05) is 37.3 Å². The summed E-state index contributed by atoms with van der Waals surface area (Å²) < 4.78 is 3.21. The lowest BCUT2D eigenvalue weighted by Gasteiger charge is -2.20. The highest BCUT2D eigenvalue weighted by Crippen LogP contribution is 2.26. The Hall–Kier alpha value is -1.13. The van der Waals surface area contributed by atoms with Gasteiger partial charge < -0.3 is 5.32 Å². The van der Waals surface area contributed by atoms with Gasteiger partial charge in [-0.05, 0) is 41.9 Å². The molecule has 2 aromatic rings. The van der Waals surface area contributed by atoms with Crippen molar-refractivity contribution < 1.29 is 0 Å². The van der Waals surface area contributed by atoms with Crippen molar-refractivity contribution in [2.75, 3.05) is 13.1 Å². The number of rotatable bonds is 5. The monoisotopic (exact) mass is 321 g/mol. The molecule has 1 N–H and O–H groups in total. The first kappa shape index (κ1) is 14.3. The second kappa shape index (κ2) is 6.35. The molecule has 0 bridgehead atoms. The van der Waals surface area contributed by atoms with Crippen molar-refractivity contribution in [1.82, 2.24) is 15.1 Å². The van der Waals surface area contributed by atoms with Gasteiger partial charge in [0, 0.05) is 6.54 Å². The molecular formula is C15H20BrN3. The molecule has 1 unspecified atom stereocenters. The topological polar surface area (TPSA) is 29.9 Å². The molecule has 1 aromatic carbocycles.